The lowest BCUT2D eigenvalue weighted by Gasteiger charge is -2.12. The molecule has 2 aromatic rings. The Morgan fingerprint density at radius 2 is 1.86 bits per heavy atom. The van der Waals surface area contributed by atoms with Gasteiger partial charge in [0, 0.05) is 11.0 Å². The second-order valence-corrected chi connectivity index (χ2v) is 4.93. The molecule has 0 spiro atoms. The Morgan fingerprint density at radius 3 is 2.52 bits per heavy atom. The van der Waals surface area contributed by atoms with Gasteiger partial charge in [0.05, 0.1) is 16.8 Å². The maximum Gasteiger partial charge on any atom is 0.262 e. The molecule has 106 valence electrons. The number of nitrogen functional groups attached to an aromatic ring is 1. The van der Waals surface area contributed by atoms with Gasteiger partial charge in [-0.15, -0.1) is 12.6 Å². The summed E-state index contributed by atoms with van der Waals surface area (Å²) in [5.41, 5.74) is 4.73. The largest absolute Gasteiger partial charge is 0.384 e. The first kappa shape index (κ1) is 13.4. The van der Waals surface area contributed by atoms with Gasteiger partial charge in [-0.2, -0.15) is 0 Å². The van der Waals surface area contributed by atoms with Gasteiger partial charge < -0.3 is 5.73 Å². The van der Waals surface area contributed by atoms with Crippen molar-refractivity contribution in [3.05, 3.63) is 51.6 Å². The Kier molecular flexibility index (Phi) is 2.84. The zero-order valence-corrected chi connectivity index (χ0v) is 11.3. The van der Waals surface area contributed by atoms with Crippen LogP contribution in [0.5, 0.6) is 0 Å². The van der Waals surface area contributed by atoms with E-state index in [2.05, 4.69) is 12.6 Å². The molecule has 1 aliphatic rings. The van der Waals surface area contributed by atoms with Gasteiger partial charge in [-0.05, 0) is 18.2 Å². The number of nitrogens with two attached hydrogens (primary N) is 1. The van der Waals surface area contributed by atoms with Crippen molar-refractivity contribution in [1.82, 2.24) is 9.88 Å². The highest BCUT2D eigenvalue weighted by Gasteiger charge is 2.32. The molecule has 2 amide bonds. The summed E-state index contributed by atoms with van der Waals surface area (Å²) >= 11 is 3.99. The van der Waals surface area contributed by atoms with Gasteiger partial charge in [0.15, 0.2) is 0 Å². The summed E-state index contributed by atoms with van der Waals surface area (Å²) in [6, 6.07) is 4.87. The number of pyridine rings is 1. The summed E-state index contributed by atoms with van der Waals surface area (Å²) in [5, 5.41) is 2.04. The number of thiol groups is 1. The number of nitrogens with zero attached hydrogens (tertiary/aromatic N) is 1. The predicted molar refractivity (Wildman–Crippen MR) is 75.5 cm³/mol. The van der Waals surface area contributed by atoms with Crippen molar-refractivity contribution < 1.29 is 14.0 Å². The Hall–Kier alpha value is -2.61. The molecule has 21 heavy (non-hydrogen) atoms. The third-order valence-electron chi connectivity index (χ3n) is 3.13. The number of hydrogen-bond acceptors (Lipinski definition) is 5. The number of halogens is 1. The molecule has 1 aliphatic heterocycles. The molecule has 1 aromatic carbocycles. The number of aromatic nitrogens is 1. The Balaban J connectivity index is 2.35. The minimum atomic E-state index is -0.721. The van der Waals surface area contributed by atoms with E-state index in [0.717, 1.165) is 16.7 Å². The van der Waals surface area contributed by atoms with Gasteiger partial charge in [0.1, 0.15) is 11.6 Å². The molecule has 0 saturated carbocycles. The quantitative estimate of drug-likeness (QED) is 0.535. The van der Waals surface area contributed by atoms with E-state index in [1.54, 1.807) is 0 Å². The maximum absolute atomic E-state index is 14.0. The molecule has 2 heterocycles. The maximum atomic E-state index is 14.0. The molecule has 6 nitrogen and oxygen atoms in total. The fourth-order valence-electron chi connectivity index (χ4n) is 2.20. The van der Waals surface area contributed by atoms with Crippen LogP contribution in [0, 0.1) is 5.82 Å². The Labute approximate surface area is 122 Å². The van der Waals surface area contributed by atoms with Gasteiger partial charge in [0.25, 0.3) is 17.4 Å². The number of anilines is 1. The molecule has 0 bridgehead atoms. The van der Waals surface area contributed by atoms with E-state index in [4.69, 9.17) is 5.73 Å². The lowest BCUT2D eigenvalue weighted by Crippen LogP contribution is -2.24. The Bertz CT molecular complexity index is 876. The van der Waals surface area contributed by atoms with Crippen LogP contribution in [-0.2, 0) is 0 Å². The van der Waals surface area contributed by atoms with Crippen molar-refractivity contribution in [2.45, 2.75) is 4.90 Å². The zero-order chi connectivity index (χ0) is 15.3. The monoisotopic (exact) mass is 305 g/mol. The molecule has 0 unspecified atom stereocenters. The highest BCUT2D eigenvalue weighted by atomic mass is 32.1. The van der Waals surface area contributed by atoms with Gasteiger partial charge >= 0.3 is 0 Å². The van der Waals surface area contributed by atoms with Crippen LogP contribution in [0.4, 0.5) is 10.2 Å². The zero-order valence-electron chi connectivity index (χ0n) is 10.4. The van der Waals surface area contributed by atoms with Gasteiger partial charge in [-0.3, -0.25) is 24.3 Å². The van der Waals surface area contributed by atoms with Crippen molar-refractivity contribution in [3.63, 3.8) is 0 Å². The topological polar surface area (TPSA) is 94.2 Å². The molecular weight excluding hydrogens is 297 g/mol. The molecule has 0 aliphatic carbocycles. The smallest absolute Gasteiger partial charge is 0.262 e. The normalized spacial score (nSPS) is 13.2. The average molecular weight is 305 g/mol. The van der Waals surface area contributed by atoms with E-state index in [1.165, 1.54) is 12.1 Å². The molecule has 1 aromatic heterocycles. The number of benzene rings is 1. The third kappa shape index (κ3) is 1.91. The summed E-state index contributed by atoms with van der Waals surface area (Å²) in [7, 11) is 0. The number of hydrogen-bond donors (Lipinski definition) is 3. The number of amides is 2. The molecule has 0 fully saturated rings. The minimum absolute atomic E-state index is 0.107. The lowest BCUT2D eigenvalue weighted by atomic mass is 10.1. The van der Waals surface area contributed by atoms with Crippen LogP contribution in [0.3, 0.4) is 0 Å². The second-order valence-electron chi connectivity index (χ2n) is 4.41. The van der Waals surface area contributed by atoms with Crippen molar-refractivity contribution in [2.75, 3.05) is 5.73 Å². The minimum Gasteiger partial charge on any atom is -0.384 e. The van der Waals surface area contributed by atoms with Crippen molar-refractivity contribution in [1.29, 1.82) is 0 Å². The molecule has 3 rings (SSSR count). The first-order valence-corrected chi connectivity index (χ1v) is 6.25. The van der Waals surface area contributed by atoms with Crippen molar-refractivity contribution >= 4 is 30.3 Å². The molecule has 0 radical (unpaired) electrons. The fourth-order valence-corrected chi connectivity index (χ4v) is 2.39. The fraction of sp³-hybridized carbons (Fsp3) is 0. The number of nitrogens with one attached hydrogen (secondary N) is 1. The highest BCUT2D eigenvalue weighted by molar-refractivity contribution is 7.80. The van der Waals surface area contributed by atoms with Crippen LogP contribution in [-0.4, -0.2) is 16.4 Å². The third-order valence-corrected chi connectivity index (χ3v) is 3.40. The first-order valence-electron chi connectivity index (χ1n) is 5.80. The van der Waals surface area contributed by atoms with Gasteiger partial charge in [-0.1, -0.05) is 0 Å². The summed E-state index contributed by atoms with van der Waals surface area (Å²) < 4.78 is 14.8. The molecule has 8 heteroatoms. The van der Waals surface area contributed by atoms with E-state index in [0.29, 0.717) is 4.90 Å². The van der Waals surface area contributed by atoms with Crippen molar-refractivity contribution in [2.24, 2.45) is 0 Å². The van der Waals surface area contributed by atoms with E-state index in [-0.39, 0.29) is 22.6 Å². The van der Waals surface area contributed by atoms with E-state index in [9.17, 15) is 18.8 Å². The number of carbonyl (C=O) groups is 2. The number of carbonyl (C=O) groups excluding carboxylic acids is 2. The summed E-state index contributed by atoms with van der Waals surface area (Å²) in [6.07, 6.45) is 0. The summed E-state index contributed by atoms with van der Waals surface area (Å²) in [5.74, 6) is -2.42. The van der Waals surface area contributed by atoms with Crippen LogP contribution in [0.25, 0.3) is 5.69 Å². The van der Waals surface area contributed by atoms with Gasteiger partial charge in [-0.25, -0.2) is 4.39 Å². The average Bonchev–Trinajstić information content (AvgIpc) is 2.67. The number of rotatable bonds is 1. The van der Waals surface area contributed by atoms with Crippen LogP contribution in [0.15, 0.2) is 34.0 Å². The number of imide groups is 1. The summed E-state index contributed by atoms with van der Waals surface area (Å²) in [6.45, 7) is 0. The first-order chi connectivity index (χ1) is 9.90. The van der Waals surface area contributed by atoms with Crippen LogP contribution < -0.4 is 16.6 Å². The van der Waals surface area contributed by atoms with Crippen LogP contribution in [0.2, 0.25) is 0 Å². The lowest BCUT2D eigenvalue weighted by molar-refractivity contribution is 0.0880. The molecular formula is C13H8FN3O3S. The standard InChI is InChI=1S/C13H8FN3O3S/c14-7-3-5(21)1-2-8(7)17-9(18)4-6-10(11(17)15)13(20)16-12(6)19/h1-4,21H,15H2,(H,16,19,20). The highest BCUT2D eigenvalue weighted by Crippen LogP contribution is 2.24. The van der Waals surface area contributed by atoms with Crippen molar-refractivity contribution in [3.8, 4) is 5.69 Å². The van der Waals surface area contributed by atoms with Crippen LogP contribution in [0.1, 0.15) is 20.7 Å². The van der Waals surface area contributed by atoms with Crippen LogP contribution >= 0.6 is 12.6 Å². The molecule has 0 saturated heterocycles. The van der Waals surface area contributed by atoms with E-state index in [1.807, 2.05) is 5.32 Å². The van der Waals surface area contributed by atoms with E-state index < -0.39 is 23.2 Å². The SMILES string of the molecule is Nc1c2c(cc(=O)n1-c1ccc(S)cc1F)C(=O)NC2=O. The second kappa shape index (κ2) is 4.45. The van der Waals surface area contributed by atoms with E-state index >= 15 is 0 Å². The molecule has 3 N–H and O–H groups in total. The van der Waals surface area contributed by atoms with Gasteiger partial charge in [0.2, 0.25) is 0 Å². The molecule has 0 atom stereocenters. The number of fused-ring (bicyclic) bond motifs is 1. The predicted octanol–water partition coefficient (Wildman–Crippen LogP) is 0.731. The summed E-state index contributed by atoms with van der Waals surface area (Å²) in [4.78, 5) is 35.7. The Morgan fingerprint density at radius 1 is 1.14 bits per heavy atom.